The van der Waals surface area contributed by atoms with Gasteiger partial charge in [-0.25, -0.2) is 0 Å². The number of hydrogen-bond acceptors (Lipinski definition) is 3. The number of esters is 1. The van der Waals surface area contributed by atoms with Gasteiger partial charge in [-0.15, -0.1) is 0 Å². The lowest BCUT2D eigenvalue weighted by Crippen LogP contribution is -2.13. The number of carbonyl (C=O) groups excluding carboxylic acids is 1. The zero-order chi connectivity index (χ0) is 15.1. The number of para-hydroxylation sites is 1. The van der Waals surface area contributed by atoms with E-state index in [-0.39, 0.29) is 18.5 Å². The van der Waals surface area contributed by atoms with E-state index in [1.807, 2.05) is 61.5 Å². The molecule has 1 unspecified atom stereocenters. The summed E-state index contributed by atoms with van der Waals surface area (Å²) in [6.07, 6.45) is 1.56. The van der Waals surface area contributed by atoms with Crippen molar-refractivity contribution in [2.75, 3.05) is 6.61 Å². The van der Waals surface area contributed by atoms with E-state index in [0.29, 0.717) is 5.75 Å². The number of hydrogen-bond donors (Lipinski definition) is 0. The second kappa shape index (κ2) is 7.29. The van der Waals surface area contributed by atoms with Crippen molar-refractivity contribution < 1.29 is 14.3 Å². The van der Waals surface area contributed by atoms with Gasteiger partial charge in [-0.2, -0.15) is 0 Å². The minimum Gasteiger partial charge on any atom is -0.461 e. The number of benzene rings is 2. The number of ether oxygens (including phenoxy) is 2. The van der Waals surface area contributed by atoms with E-state index in [4.69, 9.17) is 9.47 Å². The van der Waals surface area contributed by atoms with Crippen LogP contribution < -0.4 is 4.74 Å². The van der Waals surface area contributed by atoms with Gasteiger partial charge in [0.15, 0.2) is 0 Å². The first-order valence-electron chi connectivity index (χ1n) is 6.81. The van der Waals surface area contributed by atoms with Crippen molar-refractivity contribution in [1.82, 2.24) is 0 Å². The molecule has 0 radical (unpaired) electrons. The molecule has 0 saturated carbocycles. The van der Waals surface area contributed by atoms with Gasteiger partial charge in [0.1, 0.15) is 18.1 Å². The second-order valence-corrected chi connectivity index (χ2v) is 4.63. The molecule has 3 heteroatoms. The molecule has 0 N–H and O–H groups in total. The summed E-state index contributed by atoms with van der Waals surface area (Å²) in [5, 5.41) is 0. The molecule has 0 aromatic heterocycles. The molecule has 2 rings (SSSR count). The van der Waals surface area contributed by atoms with Crippen molar-refractivity contribution in [1.29, 1.82) is 0 Å². The van der Waals surface area contributed by atoms with Gasteiger partial charge in [-0.05, 0) is 36.8 Å². The maximum absolute atomic E-state index is 11.9. The standard InChI is InChI=1S/C18H18O3/c1-3-12-20-18(19)14(2)15-8-7-11-17(13-15)21-16-9-5-4-6-10-16/h3-11,13-14H,1,12H2,2H3. The van der Waals surface area contributed by atoms with E-state index in [2.05, 4.69) is 6.58 Å². The average molecular weight is 282 g/mol. The Balaban J connectivity index is 2.10. The Hall–Kier alpha value is -2.55. The summed E-state index contributed by atoms with van der Waals surface area (Å²) in [6, 6.07) is 17.0. The second-order valence-electron chi connectivity index (χ2n) is 4.63. The monoisotopic (exact) mass is 282 g/mol. The van der Waals surface area contributed by atoms with Gasteiger partial charge in [0.25, 0.3) is 0 Å². The van der Waals surface area contributed by atoms with E-state index < -0.39 is 0 Å². The van der Waals surface area contributed by atoms with Crippen LogP contribution in [0.3, 0.4) is 0 Å². The summed E-state index contributed by atoms with van der Waals surface area (Å²) < 4.78 is 10.8. The molecule has 0 aliphatic carbocycles. The minimum absolute atomic E-state index is 0.226. The van der Waals surface area contributed by atoms with Crippen LogP contribution in [0.15, 0.2) is 67.3 Å². The largest absolute Gasteiger partial charge is 0.461 e. The van der Waals surface area contributed by atoms with Gasteiger partial charge < -0.3 is 9.47 Å². The molecule has 0 spiro atoms. The zero-order valence-corrected chi connectivity index (χ0v) is 12.0. The smallest absolute Gasteiger partial charge is 0.313 e. The van der Waals surface area contributed by atoms with Gasteiger partial charge in [-0.3, -0.25) is 4.79 Å². The van der Waals surface area contributed by atoms with Gasteiger partial charge in [0.05, 0.1) is 5.92 Å². The molecule has 3 nitrogen and oxygen atoms in total. The van der Waals surface area contributed by atoms with Crippen molar-refractivity contribution >= 4 is 5.97 Å². The molecule has 1 atom stereocenters. The molecule has 2 aromatic rings. The highest BCUT2D eigenvalue weighted by atomic mass is 16.5. The maximum Gasteiger partial charge on any atom is 0.313 e. The summed E-state index contributed by atoms with van der Waals surface area (Å²) in [7, 11) is 0. The highest BCUT2D eigenvalue weighted by Crippen LogP contribution is 2.25. The van der Waals surface area contributed by atoms with Crippen LogP contribution >= 0.6 is 0 Å². The van der Waals surface area contributed by atoms with Gasteiger partial charge in [-0.1, -0.05) is 43.0 Å². The Morgan fingerprint density at radius 1 is 1.14 bits per heavy atom. The topological polar surface area (TPSA) is 35.5 Å². The highest BCUT2D eigenvalue weighted by Gasteiger charge is 2.16. The van der Waals surface area contributed by atoms with E-state index in [1.165, 1.54) is 0 Å². The fourth-order valence-electron chi connectivity index (χ4n) is 1.87. The fourth-order valence-corrected chi connectivity index (χ4v) is 1.87. The van der Waals surface area contributed by atoms with E-state index in [0.717, 1.165) is 11.3 Å². The normalized spacial score (nSPS) is 11.5. The Labute approximate surface area is 124 Å². The third-order valence-corrected chi connectivity index (χ3v) is 3.03. The first kappa shape index (κ1) is 14.9. The highest BCUT2D eigenvalue weighted by molar-refractivity contribution is 5.77. The molecule has 0 aliphatic rings. The fraction of sp³-hybridized carbons (Fsp3) is 0.167. The number of rotatable bonds is 6. The Kier molecular flexibility index (Phi) is 5.16. The summed E-state index contributed by atoms with van der Waals surface area (Å²) in [4.78, 5) is 11.9. The first-order valence-corrected chi connectivity index (χ1v) is 6.81. The van der Waals surface area contributed by atoms with Gasteiger partial charge in [0.2, 0.25) is 0 Å². The molecule has 108 valence electrons. The molecule has 0 saturated heterocycles. The van der Waals surface area contributed by atoms with Crippen LogP contribution in [0.2, 0.25) is 0 Å². The van der Waals surface area contributed by atoms with Crippen LogP contribution in [0.1, 0.15) is 18.4 Å². The molecule has 0 heterocycles. The molecule has 2 aromatic carbocycles. The molecule has 0 aliphatic heterocycles. The van der Waals surface area contributed by atoms with Gasteiger partial charge >= 0.3 is 5.97 Å². The summed E-state index contributed by atoms with van der Waals surface area (Å²) in [6.45, 7) is 5.57. The predicted octanol–water partition coefficient (Wildman–Crippen LogP) is 4.31. The number of carbonyl (C=O) groups is 1. The van der Waals surface area contributed by atoms with Crippen LogP contribution in [-0.2, 0) is 9.53 Å². The van der Waals surface area contributed by atoms with Crippen molar-refractivity contribution in [3.05, 3.63) is 72.8 Å². The third kappa shape index (κ3) is 4.21. The van der Waals surface area contributed by atoms with Crippen molar-refractivity contribution in [3.63, 3.8) is 0 Å². The van der Waals surface area contributed by atoms with Crippen molar-refractivity contribution in [2.45, 2.75) is 12.8 Å². The minimum atomic E-state index is -0.343. The quantitative estimate of drug-likeness (QED) is 0.585. The average Bonchev–Trinajstić information content (AvgIpc) is 2.53. The lowest BCUT2D eigenvalue weighted by atomic mass is 10.0. The van der Waals surface area contributed by atoms with Crippen LogP contribution in [0.4, 0.5) is 0 Å². The van der Waals surface area contributed by atoms with Crippen molar-refractivity contribution in [2.24, 2.45) is 0 Å². The molecular formula is C18H18O3. The van der Waals surface area contributed by atoms with Crippen molar-refractivity contribution in [3.8, 4) is 11.5 Å². The van der Waals surface area contributed by atoms with Crippen LogP contribution in [0.5, 0.6) is 11.5 Å². The summed E-state index contributed by atoms with van der Waals surface area (Å²) >= 11 is 0. The van der Waals surface area contributed by atoms with Gasteiger partial charge in [0, 0.05) is 0 Å². The lowest BCUT2D eigenvalue weighted by molar-refractivity contribution is -0.143. The Morgan fingerprint density at radius 3 is 2.57 bits per heavy atom. The molecule has 0 fully saturated rings. The van der Waals surface area contributed by atoms with E-state index >= 15 is 0 Å². The molecule has 21 heavy (non-hydrogen) atoms. The summed E-state index contributed by atoms with van der Waals surface area (Å²) in [5.74, 6) is 0.842. The first-order chi connectivity index (χ1) is 10.2. The third-order valence-electron chi connectivity index (χ3n) is 3.03. The molecular weight excluding hydrogens is 264 g/mol. The molecule has 0 amide bonds. The maximum atomic E-state index is 11.9. The Bertz CT molecular complexity index is 605. The van der Waals surface area contributed by atoms with Crippen LogP contribution in [0.25, 0.3) is 0 Å². The zero-order valence-electron chi connectivity index (χ0n) is 12.0. The van der Waals surface area contributed by atoms with E-state index in [1.54, 1.807) is 6.08 Å². The van der Waals surface area contributed by atoms with Crippen LogP contribution in [-0.4, -0.2) is 12.6 Å². The Morgan fingerprint density at radius 2 is 1.86 bits per heavy atom. The predicted molar refractivity (Wildman–Crippen MR) is 82.5 cm³/mol. The molecule has 0 bridgehead atoms. The van der Waals surface area contributed by atoms with E-state index in [9.17, 15) is 4.79 Å². The van der Waals surface area contributed by atoms with Crippen LogP contribution in [0, 0.1) is 0 Å². The SMILES string of the molecule is C=CCOC(=O)C(C)c1cccc(Oc2ccccc2)c1. The lowest BCUT2D eigenvalue weighted by Gasteiger charge is -2.12. The summed E-state index contributed by atoms with van der Waals surface area (Å²) in [5.41, 5.74) is 0.859.